The van der Waals surface area contributed by atoms with Crippen LogP contribution in [-0.2, 0) is 12.8 Å². The van der Waals surface area contributed by atoms with Gasteiger partial charge in [-0.25, -0.2) is 0 Å². The average molecular weight is 356 g/mol. The summed E-state index contributed by atoms with van der Waals surface area (Å²) in [4.78, 5) is 1.10. The van der Waals surface area contributed by atoms with Crippen LogP contribution in [0.4, 0.5) is 0 Å². The normalized spacial score (nSPS) is 12.4. The molecule has 20 heavy (non-hydrogen) atoms. The van der Waals surface area contributed by atoms with Gasteiger partial charge in [-0.05, 0) is 58.0 Å². The SMILES string of the molecule is CCCc1nnsc1C(N)Cc1ccc(OC)c(Br)c1. The van der Waals surface area contributed by atoms with E-state index < -0.39 is 0 Å². The Labute approximate surface area is 131 Å². The number of halogens is 1. The van der Waals surface area contributed by atoms with Crippen LogP contribution in [0.5, 0.6) is 5.75 Å². The van der Waals surface area contributed by atoms with Crippen molar-refractivity contribution in [2.45, 2.75) is 32.2 Å². The van der Waals surface area contributed by atoms with E-state index in [1.807, 2.05) is 18.2 Å². The smallest absolute Gasteiger partial charge is 0.133 e. The van der Waals surface area contributed by atoms with Gasteiger partial charge in [-0.3, -0.25) is 0 Å². The standard InChI is InChI=1S/C14H18BrN3OS/c1-3-4-12-14(20-18-17-12)11(16)8-9-5-6-13(19-2)10(15)7-9/h5-7,11H,3-4,8,16H2,1-2H3. The Bertz CT molecular complexity index is 573. The van der Waals surface area contributed by atoms with Crippen LogP contribution in [0.3, 0.4) is 0 Å². The van der Waals surface area contributed by atoms with Crippen LogP contribution < -0.4 is 10.5 Å². The Balaban J connectivity index is 2.12. The topological polar surface area (TPSA) is 61.0 Å². The molecule has 1 atom stereocenters. The fraction of sp³-hybridized carbons (Fsp3) is 0.429. The van der Waals surface area contributed by atoms with Crippen LogP contribution in [0.25, 0.3) is 0 Å². The number of methoxy groups -OCH3 is 1. The zero-order chi connectivity index (χ0) is 14.5. The van der Waals surface area contributed by atoms with E-state index in [2.05, 4.69) is 32.4 Å². The van der Waals surface area contributed by atoms with Crippen molar-refractivity contribution in [3.63, 3.8) is 0 Å². The fourth-order valence-corrected chi connectivity index (χ4v) is 3.37. The summed E-state index contributed by atoms with van der Waals surface area (Å²) >= 11 is 4.90. The van der Waals surface area contributed by atoms with Crippen LogP contribution in [0, 0.1) is 0 Å². The first kappa shape index (κ1) is 15.4. The van der Waals surface area contributed by atoms with E-state index in [1.165, 1.54) is 17.1 Å². The molecule has 2 rings (SSSR count). The maximum Gasteiger partial charge on any atom is 0.133 e. The van der Waals surface area contributed by atoms with Gasteiger partial charge < -0.3 is 10.5 Å². The summed E-state index contributed by atoms with van der Waals surface area (Å²) < 4.78 is 10.2. The summed E-state index contributed by atoms with van der Waals surface area (Å²) in [7, 11) is 1.66. The van der Waals surface area contributed by atoms with Crippen molar-refractivity contribution in [3.8, 4) is 5.75 Å². The predicted molar refractivity (Wildman–Crippen MR) is 85.2 cm³/mol. The minimum Gasteiger partial charge on any atom is -0.496 e. The van der Waals surface area contributed by atoms with Gasteiger partial charge in [0, 0.05) is 6.04 Å². The second-order valence-corrected chi connectivity index (χ2v) is 6.25. The molecule has 4 nitrogen and oxygen atoms in total. The summed E-state index contributed by atoms with van der Waals surface area (Å²) in [5.41, 5.74) is 8.51. The molecule has 0 spiro atoms. The highest BCUT2D eigenvalue weighted by molar-refractivity contribution is 9.10. The first-order valence-electron chi connectivity index (χ1n) is 6.54. The van der Waals surface area contributed by atoms with Crippen molar-refractivity contribution in [1.82, 2.24) is 9.59 Å². The Hall–Kier alpha value is -0.980. The fourth-order valence-electron chi connectivity index (χ4n) is 2.09. The van der Waals surface area contributed by atoms with Gasteiger partial charge in [-0.1, -0.05) is 23.9 Å². The van der Waals surface area contributed by atoms with Crippen molar-refractivity contribution in [2.75, 3.05) is 7.11 Å². The number of nitrogens with zero attached hydrogens (tertiary/aromatic N) is 2. The molecule has 1 unspecified atom stereocenters. The molecular formula is C14H18BrN3OS. The van der Waals surface area contributed by atoms with Gasteiger partial charge in [-0.2, -0.15) is 0 Å². The number of aryl methyl sites for hydroxylation is 1. The van der Waals surface area contributed by atoms with E-state index in [4.69, 9.17) is 10.5 Å². The van der Waals surface area contributed by atoms with Crippen molar-refractivity contribution in [1.29, 1.82) is 0 Å². The number of hydrogen-bond acceptors (Lipinski definition) is 5. The van der Waals surface area contributed by atoms with Crippen LogP contribution in [-0.4, -0.2) is 16.7 Å². The zero-order valence-corrected chi connectivity index (χ0v) is 14.0. The quantitative estimate of drug-likeness (QED) is 0.861. The van der Waals surface area contributed by atoms with E-state index in [0.29, 0.717) is 0 Å². The molecule has 0 radical (unpaired) electrons. The van der Waals surface area contributed by atoms with E-state index in [9.17, 15) is 0 Å². The lowest BCUT2D eigenvalue weighted by Gasteiger charge is -2.12. The van der Waals surface area contributed by atoms with Crippen molar-refractivity contribution in [2.24, 2.45) is 5.73 Å². The maximum atomic E-state index is 6.31. The lowest BCUT2D eigenvalue weighted by Crippen LogP contribution is -2.14. The second kappa shape index (κ2) is 7.15. The minimum absolute atomic E-state index is 0.0585. The van der Waals surface area contributed by atoms with Crippen LogP contribution in [0.2, 0.25) is 0 Å². The predicted octanol–water partition coefficient (Wildman–Crippen LogP) is 3.50. The highest BCUT2D eigenvalue weighted by atomic mass is 79.9. The van der Waals surface area contributed by atoms with Crippen LogP contribution in [0.15, 0.2) is 22.7 Å². The van der Waals surface area contributed by atoms with E-state index in [1.54, 1.807) is 7.11 Å². The molecule has 108 valence electrons. The number of nitrogens with two attached hydrogens (primary N) is 1. The third-order valence-corrected chi connectivity index (χ3v) is 4.60. The summed E-state index contributed by atoms with van der Waals surface area (Å²) in [6.45, 7) is 2.13. The lowest BCUT2D eigenvalue weighted by atomic mass is 10.0. The average Bonchev–Trinajstić information content (AvgIpc) is 2.88. The minimum atomic E-state index is -0.0585. The van der Waals surface area contributed by atoms with Crippen LogP contribution >= 0.6 is 27.5 Å². The van der Waals surface area contributed by atoms with Crippen LogP contribution in [0.1, 0.15) is 35.5 Å². The van der Waals surface area contributed by atoms with E-state index >= 15 is 0 Å². The Morgan fingerprint density at radius 3 is 2.90 bits per heavy atom. The Kier molecular flexibility index (Phi) is 5.51. The highest BCUT2D eigenvalue weighted by Crippen LogP contribution is 2.28. The number of benzene rings is 1. The van der Waals surface area contributed by atoms with Gasteiger partial charge in [0.25, 0.3) is 0 Å². The summed E-state index contributed by atoms with van der Waals surface area (Å²) in [5, 5.41) is 4.17. The molecule has 0 amide bonds. The summed E-state index contributed by atoms with van der Waals surface area (Å²) in [6, 6.07) is 5.98. The highest BCUT2D eigenvalue weighted by Gasteiger charge is 2.16. The van der Waals surface area contributed by atoms with Gasteiger partial charge in [-0.15, -0.1) is 5.10 Å². The lowest BCUT2D eigenvalue weighted by molar-refractivity contribution is 0.412. The molecule has 0 saturated heterocycles. The molecule has 0 bridgehead atoms. The maximum absolute atomic E-state index is 6.31. The second-order valence-electron chi connectivity index (χ2n) is 4.61. The Morgan fingerprint density at radius 1 is 1.45 bits per heavy atom. The van der Waals surface area contributed by atoms with Gasteiger partial charge in [0.2, 0.25) is 0 Å². The zero-order valence-electron chi connectivity index (χ0n) is 11.6. The molecule has 1 aromatic heterocycles. The molecule has 0 saturated carbocycles. The first-order valence-corrected chi connectivity index (χ1v) is 8.11. The molecule has 0 aliphatic rings. The monoisotopic (exact) mass is 355 g/mol. The molecule has 2 aromatic rings. The summed E-state index contributed by atoms with van der Waals surface area (Å²) in [6.07, 6.45) is 2.76. The molecule has 0 aliphatic heterocycles. The third kappa shape index (κ3) is 3.56. The van der Waals surface area contributed by atoms with Gasteiger partial charge >= 0.3 is 0 Å². The number of ether oxygens (including phenoxy) is 1. The van der Waals surface area contributed by atoms with Gasteiger partial charge in [0.1, 0.15) is 5.75 Å². The number of hydrogen-bond donors (Lipinski definition) is 1. The number of rotatable bonds is 6. The molecule has 0 fully saturated rings. The van der Waals surface area contributed by atoms with Crippen molar-refractivity contribution >= 4 is 27.5 Å². The molecular weight excluding hydrogens is 338 g/mol. The van der Waals surface area contributed by atoms with Gasteiger partial charge in [0.15, 0.2) is 0 Å². The molecule has 2 N–H and O–H groups in total. The van der Waals surface area contributed by atoms with Gasteiger partial charge in [0.05, 0.1) is 22.2 Å². The summed E-state index contributed by atoms with van der Waals surface area (Å²) in [5.74, 6) is 0.827. The molecule has 0 aliphatic carbocycles. The van der Waals surface area contributed by atoms with Crippen molar-refractivity contribution < 1.29 is 4.74 Å². The molecule has 6 heteroatoms. The van der Waals surface area contributed by atoms with E-state index in [0.717, 1.165) is 40.1 Å². The largest absolute Gasteiger partial charge is 0.496 e. The first-order chi connectivity index (χ1) is 9.65. The van der Waals surface area contributed by atoms with E-state index in [-0.39, 0.29) is 6.04 Å². The van der Waals surface area contributed by atoms with Crippen molar-refractivity contribution in [3.05, 3.63) is 38.8 Å². The number of aromatic nitrogens is 2. The Morgan fingerprint density at radius 2 is 2.25 bits per heavy atom. The third-order valence-electron chi connectivity index (χ3n) is 3.08. The molecule has 1 heterocycles. The molecule has 1 aromatic carbocycles.